The van der Waals surface area contributed by atoms with E-state index in [1.165, 1.54) is 34.9 Å². The molecule has 3 aromatic rings. The lowest BCUT2D eigenvalue weighted by Gasteiger charge is -2.34. The van der Waals surface area contributed by atoms with Crippen LogP contribution in [-0.2, 0) is 0 Å². The third kappa shape index (κ3) is 3.48. The minimum absolute atomic E-state index is 0.269. The van der Waals surface area contributed by atoms with Gasteiger partial charge in [-0.25, -0.2) is 4.98 Å². The monoisotopic (exact) mass is 404 g/mol. The number of hydrogen-bond donors (Lipinski definition) is 1. The number of anilines is 1. The zero-order valence-electron chi connectivity index (χ0n) is 18.3. The lowest BCUT2D eigenvalue weighted by molar-refractivity contribution is 0.311. The molecule has 1 N–H and O–H groups in total. The fourth-order valence-electron chi connectivity index (χ4n) is 5.08. The molecule has 2 aliphatic heterocycles. The molecule has 2 saturated heterocycles. The molecule has 30 heavy (non-hydrogen) atoms. The molecule has 5 rings (SSSR count). The van der Waals surface area contributed by atoms with E-state index in [2.05, 4.69) is 69.7 Å². The molecule has 158 valence electrons. The van der Waals surface area contributed by atoms with Crippen LogP contribution in [0.4, 0.5) is 5.82 Å². The first-order valence-electron chi connectivity index (χ1n) is 11.2. The number of imidazole rings is 1. The number of piperidine rings is 1. The molecule has 5 heterocycles. The molecular formula is C24H32N6. The number of pyridine rings is 2. The van der Waals surface area contributed by atoms with Gasteiger partial charge in [-0.3, -0.25) is 9.38 Å². The van der Waals surface area contributed by atoms with E-state index in [1.807, 2.05) is 12.3 Å². The predicted octanol–water partition coefficient (Wildman–Crippen LogP) is 3.65. The Bertz CT molecular complexity index is 1030. The molecule has 0 bridgehead atoms. The number of piperazine rings is 1. The van der Waals surface area contributed by atoms with Gasteiger partial charge in [-0.1, -0.05) is 12.1 Å². The Morgan fingerprint density at radius 3 is 2.47 bits per heavy atom. The summed E-state index contributed by atoms with van der Waals surface area (Å²) in [5.74, 6) is 1.27. The van der Waals surface area contributed by atoms with Gasteiger partial charge in [-0.05, 0) is 63.9 Å². The van der Waals surface area contributed by atoms with Crippen LogP contribution in [0.3, 0.4) is 0 Å². The average Bonchev–Trinajstić information content (AvgIpc) is 3.12. The van der Waals surface area contributed by atoms with Crippen molar-refractivity contribution < 1.29 is 0 Å². The molecule has 2 fully saturated rings. The largest absolute Gasteiger partial charge is 0.355 e. The highest BCUT2D eigenvalue weighted by atomic mass is 15.3. The maximum absolute atomic E-state index is 5.10. The van der Waals surface area contributed by atoms with Crippen LogP contribution in [0, 0.1) is 13.8 Å². The summed E-state index contributed by atoms with van der Waals surface area (Å²) in [6, 6.07) is 11.3. The van der Waals surface area contributed by atoms with Gasteiger partial charge in [0.2, 0.25) is 0 Å². The van der Waals surface area contributed by atoms with Crippen LogP contribution in [0.25, 0.3) is 5.65 Å². The second-order valence-corrected chi connectivity index (χ2v) is 8.86. The van der Waals surface area contributed by atoms with Crippen molar-refractivity contribution in [2.75, 3.05) is 38.1 Å². The van der Waals surface area contributed by atoms with Gasteiger partial charge in [-0.2, -0.15) is 0 Å². The van der Waals surface area contributed by atoms with Crippen molar-refractivity contribution in [2.45, 2.75) is 45.2 Å². The Hall–Kier alpha value is -2.44. The third-order valence-electron chi connectivity index (χ3n) is 6.82. The summed E-state index contributed by atoms with van der Waals surface area (Å²) in [6.07, 6.45) is 5.35. The second-order valence-electron chi connectivity index (χ2n) is 8.86. The van der Waals surface area contributed by atoms with E-state index >= 15 is 0 Å². The molecule has 0 saturated carbocycles. The Kier molecular flexibility index (Phi) is 5.21. The molecule has 0 radical (unpaired) electrons. The Morgan fingerprint density at radius 2 is 1.70 bits per heavy atom. The van der Waals surface area contributed by atoms with Gasteiger partial charge in [0.15, 0.2) is 0 Å². The number of nitrogens with zero attached hydrogens (tertiary/aromatic N) is 5. The van der Waals surface area contributed by atoms with Crippen molar-refractivity contribution in [3.63, 3.8) is 0 Å². The smallest absolute Gasteiger partial charge is 0.138 e. The number of aromatic nitrogens is 3. The van der Waals surface area contributed by atoms with Crippen molar-refractivity contribution >= 4 is 11.5 Å². The van der Waals surface area contributed by atoms with Crippen LogP contribution in [-0.4, -0.2) is 52.5 Å². The van der Waals surface area contributed by atoms with Crippen LogP contribution in [0.5, 0.6) is 0 Å². The number of nitrogens with one attached hydrogen (secondary N) is 1. The molecule has 0 aliphatic carbocycles. The molecule has 0 aromatic carbocycles. The lowest BCUT2D eigenvalue weighted by atomic mass is 9.92. The Balaban J connectivity index is 1.47. The first-order valence-corrected chi connectivity index (χ1v) is 11.2. The van der Waals surface area contributed by atoms with Crippen molar-refractivity contribution in [1.29, 1.82) is 0 Å². The molecule has 1 unspecified atom stereocenters. The number of fused-ring (bicyclic) bond motifs is 1. The van der Waals surface area contributed by atoms with Gasteiger partial charge in [0, 0.05) is 38.1 Å². The summed E-state index contributed by atoms with van der Waals surface area (Å²) in [6.45, 7) is 8.72. The predicted molar refractivity (Wildman–Crippen MR) is 121 cm³/mol. The first kappa shape index (κ1) is 19.5. The maximum atomic E-state index is 5.10. The molecule has 0 spiro atoms. The molecule has 6 heteroatoms. The van der Waals surface area contributed by atoms with E-state index in [-0.39, 0.29) is 6.04 Å². The number of aryl methyl sites for hydroxylation is 2. The van der Waals surface area contributed by atoms with E-state index in [0.29, 0.717) is 6.04 Å². The van der Waals surface area contributed by atoms with Gasteiger partial charge < -0.3 is 15.1 Å². The summed E-state index contributed by atoms with van der Waals surface area (Å²) in [5.41, 5.74) is 5.95. The SMILES string of the molecule is Cc1cccnc1C1CCC[C@H](c2nc3cccc(N4CCN(C)CC4)n3c2C)N1. The van der Waals surface area contributed by atoms with Crippen molar-refractivity contribution in [1.82, 2.24) is 24.6 Å². The van der Waals surface area contributed by atoms with Crippen LogP contribution in [0.15, 0.2) is 36.5 Å². The van der Waals surface area contributed by atoms with E-state index in [4.69, 9.17) is 4.98 Å². The van der Waals surface area contributed by atoms with Gasteiger partial charge in [-0.15, -0.1) is 0 Å². The number of hydrogen-bond acceptors (Lipinski definition) is 5. The topological polar surface area (TPSA) is 48.7 Å². The summed E-state index contributed by atoms with van der Waals surface area (Å²) in [4.78, 5) is 14.7. The van der Waals surface area contributed by atoms with Gasteiger partial charge in [0.1, 0.15) is 11.5 Å². The highest BCUT2D eigenvalue weighted by Crippen LogP contribution is 2.35. The molecular weight excluding hydrogens is 372 g/mol. The number of rotatable bonds is 3. The summed E-state index contributed by atoms with van der Waals surface area (Å²) in [7, 11) is 2.20. The maximum Gasteiger partial charge on any atom is 0.138 e. The lowest BCUT2D eigenvalue weighted by Crippen LogP contribution is -2.45. The molecule has 6 nitrogen and oxygen atoms in total. The number of likely N-dealkylation sites (N-methyl/N-ethyl adjacent to an activating group) is 1. The quantitative estimate of drug-likeness (QED) is 0.722. The first-order chi connectivity index (χ1) is 14.6. The Morgan fingerprint density at radius 1 is 0.933 bits per heavy atom. The average molecular weight is 405 g/mol. The highest BCUT2D eigenvalue weighted by Gasteiger charge is 2.29. The van der Waals surface area contributed by atoms with Crippen molar-refractivity contribution in [3.8, 4) is 0 Å². The third-order valence-corrected chi connectivity index (χ3v) is 6.82. The molecule has 2 aliphatic rings. The van der Waals surface area contributed by atoms with Gasteiger partial charge in [0.05, 0.1) is 23.5 Å². The standard InChI is InChI=1S/C24H32N6/c1-17-7-6-12-25-23(17)19-8-4-9-20(26-19)24-18(2)30-21(27-24)10-5-11-22(30)29-15-13-28(3)14-16-29/h5-7,10-12,19-20,26H,4,8-9,13-16H2,1-3H3/t19?,20-/m1/s1. The van der Waals surface area contributed by atoms with Crippen LogP contribution >= 0.6 is 0 Å². The van der Waals surface area contributed by atoms with E-state index in [1.54, 1.807) is 0 Å². The summed E-state index contributed by atoms with van der Waals surface area (Å²) < 4.78 is 2.36. The van der Waals surface area contributed by atoms with Crippen LogP contribution in [0.1, 0.15) is 54.0 Å². The molecule has 0 amide bonds. The fraction of sp³-hybridized carbons (Fsp3) is 0.500. The van der Waals surface area contributed by atoms with Gasteiger partial charge >= 0.3 is 0 Å². The summed E-state index contributed by atoms with van der Waals surface area (Å²) >= 11 is 0. The van der Waals surface area contributed by atoms with E-state index in [9.17, 15) is 0 Å². The van der Waals surface area contributed by atoms with Gasteiger partial charge in [0.25, 0.3) is 0 Å². The molecule has 2 atom stereocenters. The second kappa shape index (κ2) is 8.00. The van der Waals surface area contributed by atoms with Crippen LogP contribution < -0.4 is 10.2 Å². The van der Waals surface area contributed by atoms with E-state index in [0.717, 1.165) is 44.7 Å². The highest BCUT2D eigenvalue weighted by molar-refractivity contribution is 5.55. The summed E-state index contributed by atoms with van der Waals surface area (Å²) in [5, 5.41) is 3.87. The zero-order valence-corrected chi connectivity index (χ0v) is 18.3. The minimum atomic E-state index is 0.269. The van der Waals surface area contributed by atoms with Crippen molar-refractivity contribution in [3.05, 3.63) is 59.2 Å². The van der Waals surface area contributed by atoms with Crippen molar-refractivity contribution in [2.24, 2.45) is 0 Å². The zero-order chi connectivity index (χ0) is 20.7. The normalized spacial score (nSPS) is 23.2. The van der Waals surface area contributed by atoms with E-state index < -0.39 is 0 Å². The Labute approximate surface area is 178 Å². The van der Waals surface area contributed by atoms with Crippen LogP contribution in [0.2, 0.25) is 0 Å². The minimum Gasteiger partial charge on any atom is -0.355 e. The molecule has 3 aromatic heterocycles. The fourth-order valence-corrected chi connectivity index (χ4v) is 5.08.